The Morgan fingerprint density at radius 1 is 1.19 bits per heavy atom. The summed E-state index contributed by atoms with van der Waals surface area (Å²) in [7, 11) is 1.90. The van der Waals surface area contributed by atoms with Crippen molar-refractivity contribution in [1.82, 2.24) is 14.7 Å². The molecule has 26 heavy (non-hydrogen) atoms. The Hall–Kier alpha value is -2.37. The van der Waals surface area contributed by atoms with Gasteiger partial charge >= 0.3 is 0 Å². The molecule has 1 aliphatic heterocycles. The second-order valence-corrected chi connectivity index (χ2v) is 6.83. The maximum atomic E-state index is 12.8. The molecular formula is C20H23ClN4O. The van der Waals surface area contributed by atoms with E-state index in [1.807, 2.05) is 48.6 Å². The van der Waals surface area contributed by atoms with E-state index in [4.69, 9.17) is 5.73 Å². The van der Waals surface area contributed by atoms with E-state index in [9.17, 15) is 4.79 Å². The van der Waals surface area contributed by atoms with E-state index in [1.165, 1.54) is 5.39 Å². The number of benzene rings is 2. The van der Waals surface area contributed by atoms with Crippen molar-refractivity contribution in [2.75, 3.05) is 13.1 Å². The molecule has 1 fully saturated rings. The van der Waals surface area contributed by atoms with E-state index in [0.29, 0.717) is 19.5 Å². The van der Waals surface area contributed by atoms with Crippen LogP contribution >= 0.6 is 12.4 Å². The van der Waals surface area contributed by atoms with Gasteiger partial charge in [-0.3, -0.25) is 9.48 Å². The fraction of sp³-hybridized carbons (Fsp3) is 0.300. The summed E-state index contributed by atoms with van der Waals surface area (Å²) in [5.41, 5.74) is 8.48. The van der Waals surface area contributed by atoms with Crippen molar-refractivity contribution in [3.63, 3.8) is 0 Å². The molecule has 2 heterocycles. The van der Waals surface area contributed by atoms with Crippen molar-refractivity contribution in [1.29, 1.82) is 0 Å². The molecule has 1 amide bonds. The summed E-state index contributed by atoms with van der Waals surface area (Å²) >= 11 is 0. The first-order chi connectivity index (χ1) is 12.1. The van der Waals surface area contributed by atoms with Crippen molar-refractivity contribution in [3.8, 4) is 0 Å². The molecule has 5 nitrogen and oxygen atoms in total. The Balaban J connectivity index is 0.00000196. The van der Waals surface area contributed by atoms with Gasteiger partial charge in [-0.05, 0) is 21.9 Å². The first-order valence-corrected chi connectivity index (χ1v) is 8.60. The van der Waals surface area contributed by atoms with E-state index in [1.54, 1.807) is 4.68 Å². The molecule has 1 aromatic heterocycles. The molecule has 2 aromatic carbocycles. The molecular weight excluding hydrogens is 348 g/mol. The normalized spacial score (nSPS) is 19.5. The van der Waals surface area contributed by atoms with E-state index >= 15 is 0 Å². The van der Waals surface area contributed by atoms with Gasteiger partial charge in [-0.25, -0.2) is 0 Å². The van der Waals surface area contributed by atoms with Crippen LogP contribution in [0.3, 0.4) is 0 Å². The molecule has 1 saturated heterocycles. The molecule has 0 bridgehead atoms. The fourth-order valence-electron chi connectivity index (χ4n) is 3.74. The largest absolute Gasteiger partial charge is 0.340 e. The summed E-state index contributed by atoms with van der Waals surface area (Å²) in [5.74, 6) is 0.295. The van der Waals surface area contributed by atoms with Crippen LogP contribution in [0.5, 0.6) is 0 Å². The summed E-state index contributed by atoms with van der Waals surface area (Å²) in [6.07, 6.45) is 4.25. The number of nitrogens with two attached hydrogens (primary N) is 1. The first kappa shape index (κ1) is 18.4. The Labute approximate surface area is 159 Å². The topological polar surface area (TPSA) is 64.2 Å². The SMILES string of the molecule is Cl.Cn1cc([C@@H]2CN(C(=O)Cc3cccc4ccccc34)C[C@H]2N)cn1. The molecule has 1 aliphatic rings. The van der Waals surface area contributed by atoms with Gasteiger partial charge in [0, 0.05) is 38.3 Å². The Kier molecular flexibility index (Phi) is 5.30. The number of hydrogen-bond donors (Lipinski definition) is 1. The summed E-state index contributed by atoms with van der Waals surface area (Å²) < 4.78 is 1.78. The number of aryl methyl sites for hydroxylation is 1. The lowest BCUT2D eigenvalue weighted by Crippen LogP contribution is -2.33. The van der Waals surface area contributed by atoms with E-state index in [2.05, 4.69) is 23.3 Å². The van der Waals surface area contributed by atoms with Crippen LogP contribution in [0.2, 0.25) is 0 Å². The highest BCUT2D eigenvalue weighted by Crippen LogP contribution is 2.27. The van der Waals surface area contributed by atoms with Crippen molar-refractivity contribution in [2.45, 2.75) is 18.4 Å². The van der Waals surface area contributed by atoms with Crippen LogP contribution < -0.4 is 5.73 Å². The van der Waals surface area contributed by atoms with Crippen LogP contribution in [0, 0.1) is 0 Å². The van der Waals surface area contributed by atoms with Crippen molar-refractivity contribution >= 4 is 29.1 Å². The third-order valence-electron chi connectivity index (χ3n) is 5.09. The monoisotopic (exact) mass is 370 g/mol. The molecule has 0 unspecified atom stereocenters. The molecule has 6 heteroatoms. The number of carbonyl (C=O) groups is 1. The molecule has 0 spiro atoms. The van der Waals surface area contributed by atoms with Crippen LogP contribution in [0.15, 0.2) is 54.9 Å². The molecule has 3 aromatic rings. The van der Waals surface area contributed by atoms with E-state index in [0.717, 1.165) is 16.5 Å². The number of rotatable bonds is 3. The minimum atomic E-state index is -0.0410. The van der Waals surface area contributed by atoms with Crippen molar-refractivity contribution in [2.24, 2.45) is 12.8 Å². The van der Waals surface area contributed by atoms with E-state index < -0.39 is 0 Å². The molecule has 2 atom stereocenters. The third kappa shape index (κ3) is 3.45. The standard InChI is InChI=1S/C20H22N4O.ClH/c1-23-11-16(10-22-23)18-12-24(13-19(18)21)20(25)9-15-7-4-6-14-5-2-3-8-17(14)15;/h2-8,10-11,18-19H,9,12-13,21H2,1H3;1H/t18-,19+;/m0./s1. The average Bonchev–Trinajstić information content (AvgIpc) is 3.21. The smallest absolute Gasteiger partial charge is 0.227 e. The van der Waals surface area contributed by atoms with Crippen LogP contribution in [-0.2, 0) is 18.3 Å². The maximum Gasteiger partial charge on any atom is 0.227 e. The number of carbonyl (C=O) groups excluding carboxylic acids is 1. The predicted octanol–water partition coefficient (Wildman–Crippen LogP) is 2.49. The zero-order chi connectivity index (χ0) is 17.4. The number of aromatic nitrogens is 2. The summed E-state index contributed by atoms with van der Waals surface area (Å²) in [6, 6.07) is 14.3. The molecule has 0 radical (unpaired) electrons. The first-order valence-electron chi connectivity index (χ1n) is 8.60. The van der Waals surface area contributed by atoms with Gasteiger partial charge in [-0.1, -0.05) is 42.5 Å². The van der Waals surface area contributed by atoms with Gasteiger partial charge in [-0.2, -0.15) is 5.10 Å². The Morgan fingerprint density at radius 2 is 1.96 bits per heavy atom. The number of nitrogens with zero attached hydrogens (tertiary/aromatic N) is 3. The molecule has 136 valence electrons. The molecule has 4 rings (SSSR count). The third-order valence-corrected chi connectivity index (χ3v) is 5.09. The molecule has 0 aliphatic carbocycles. The van der Waals surface area contributed by atoms with Gasteiger partial charge in [0.15, 0.2) is 0 Å². The number of halogens is 1. The van der Waals surface area contributed by atoms with Gasteiger partial charge in [0.2, 0.25) is 5.91 Å². The van der Waals surface area contributed by atoms with Crippen LogP contribution in [0.1, 0.15) is 17.0 Å². The second-order valence-electron chi connectivity index (χ2n) is 6.83. The fourth-order valence-corrected chi connectivity index (χ4v) is 3.74. The lowest BCUT2D eigenvalue weighted by atomic mass is 9.98. The van der Waals surface area contributed by atoms with Crippen LogP contribution in [0.4, 0.5) is 0 Å². The minimum absolute atomic E-state index is 0. The zero-order valence-corrected chi connectivity index (χ0v) is 15.5. The number of amides is 1. The van der Waals surface area contributed by atoms with Crippen LogP contribution in [-0.4, -0.2) is 39.7 Å². The van der Waals surface area contributed by atoms with E-state index in [-0.39, 0.29) is 30.3 Å². The number of fused-ring (bicyclic) bond motifs is 1. The second kappa shape index (κ2) is 7.48. The molecule has 2 N–H and O–H groups in total. The Morgan fingerprint density at radius 3 is 2.73 bits per heavy atom. The average molecular weight is 371 g/mol. The minimum Gasteiger partial charge on any atom is -0.340 e. The maximum absolute atomic E-state index is 12.8. The van der Waals surface area contributed by atoms with Gasteiger partial charge in [0.05, 0.1) is 12.6 Å². The van der Waals surface area contributed by atoms with Gasteiger partial charge < -0.3 is 10.6 Å². The predicted molar refractivity (Wildman–Crippen MR) is 105 cm³/mol. The zero-order valence-electron chi connectivity index (χ0n) is 14.7. The lowest BCUT2D eigenvalue weighted by Gasteiger charge is -2.17. The van der Waals surface area contributed by atoms with Gasteiger partial charge in [-0.15, -0.1) is 12.4 Å². The number of hydrogen-bond acceptors (Lipinski definition) is 3. The summed E-state index contributed by atoms with van der Waals surface area (Å²) in [4.78, 5) is 14.7. The highest BCUT2D eigenvalue weighted by molar-refractivity contribution is 5.90. The quantitative estimate of drug-likeness (QED) is 0.770. The van der Waals surface area contributed by atoms with Crippen molar-refractivity contribution < 1.29 is 4.79 Å². The summed E-state index contributed by atoms with van der Waals surface area (Å²) in [6.45, 7) is 1.26. The van der Waals surface area contributed by atoms with Crippen molar-refractivity contribution in [3.05, 3.63) is 66.0 Å². The summed E-state index contributed by atoms with van der Waals surface area (Å²) in [5, 5.41) is 6.54. The lowest BCUT2D eigenvalue weighted by molar-refractivity contribution is -0.129. The Bertz CT molecular complexity index is 918. The van der Waals surface area contributed by atoms with Gasteiger partial charge in [0.1, 0.15) is 0 Å². The highest BCUT2D eigenvalue weighted by atomic mass is 35.5. The molecule has 0 saturated carbocycles. The number of likely N-dealkylation sites (tertiary alicyclic amines) is 1. The van der Waals surface area contributed by atoms with Crippen LogP contribution in [0.25, 0.3) is 10.8 Å². The van der Waals surface area contributed by atoms with Gasteiger partial charge in [0.25, 0.3) is 0 Å². The highest BCUT2D eigenvalue weighted by Gasteiger charge is 2.34.